The Morgan fingerprint density at radius 2 is 2.08 bits per heavy atom. The van der Waals surface area contributed by atoms with E-state index >= 15 is 0 Å². The lowest BCUT2D eigenvalue weighted by Crippen LogP contribution is -2.35. The predicted molar refractivity (Wildman–Crippen MR) is 144 cm³/mol. The highest BCUT2D eigenvalue weighted by Crippen LogP contribution is 2.32. The molecule has 0 unspecified atom stereocenters. The van der Waals surface area contributed by atoms with Gasteiger partial charge in [0, 0.05) is 26.2 Å². The third kappa shape index (κ3) is 5.46. The zero-order chi connectivity index (χ0) is 26.0. The molecule has 0 aliphatic heterocycles. The fourth-order valence-corrected chi connectivity index (χ4v) is 4.20. The number of hydrogen-bond donors (Lipinski definition) is 2. The molecule has 4 aromatic rings. The first-order valence-electron chi connectivity index (χ1n) is 12.0. The smallest absolute Gasteiger partial charge is 0.408 e. The molecule has 0 spiro atoms. The van der Waals surface area contributed by atoms with Crippen molar-refractivity contribution in [3.05, 3.63) is 36.3 Å². The van der Waals surface area contributed by atoms with E-state index in [1.165, 1.54) is 0 Å². The summed E-state index contributed by atoms with van der Waals surface area (Å²) in [5.41, 5.74) is 4.38. The van der Waals surface area contributed by atoms with Gasteiger partial charge in [-0.15, -0.1) is 0 Å². The Bertz CT molecular complexity index is 1370. The van der Waals surface area contributed by atoms with Crippen LogP contribution in [-0.2, 0) is 16.5 Å². The van der Waals surface area contributed by atoms with Gasteiger partial charge in [0.1, 0.15) is 22.6 Å². The van der Waals surface area contributed by atoms with E-state index in [1.54, 1.807) is 13.4 Å². The first kappa shape index (κ1) is 25.5. The van der Waals surface area contributed by atoms with Gasteiger partial charge in [-0.2, -0.15) is 0 Å². The molecular weight excluding hydrogens is 457 g/mol. The number of imidazole rings is 1. The van der Waals surface area contributed by atoms with Crippen molar-refractivity contribution >= 4 is 42.0 Å². The summed E-state index contributed by atoms with van der Waals surface area (Å²) in [6.45, 7) is 6.12. The number of methoxy groups -OCH3 is 1. The van der Waals surface area contributed by atoms with Crippen molar-refractivity contribution in [2.75, 3.05) is 25.6 Å². The maximum Gasteiger partial charge on any atom is 0.408 e. The summed E-state index contributed by atoms with van der Waals surface area (Å²) < 4.78 is 12.7. The molecule has 2 N–H and O–H groups in total. The minimum atomic E-state index is -0.587. The van der Waals surface area contributed by atoms with Gasteiger partial charge in [-0.3, -0.25) is 0 Å². The maximum atomic E-state index is 12.5. The van der Waals surface area contributed by atoms with Gasteiger partial charge in [-0.25, -0.2) is 19.7 Å². The lowest BCUT2D eigenvalue weighted by atomic mass is 10.1. The number of carbonyl (C=O) groups is 1. The number of hydrogen-bond acceptors (Lipinski definition) is 7. The fourth-order valence-electron chi connectivity index (χ4n) is 4.20. The molecule has 0 saturated carbocycles. The summed E-state index contributed by atoms with van der Waals surface area (Å²) in [5.74, 6) is 0.799. The van der Waals surface area contributed by atoms with Crippen LogP contribution in [0.4, 0.5) is 10.6 Å². The van der Waals surface area contributed by atoms with E-state index in [9.17, 15) is 4.79 Å². The number of fused-ring (bicyclic) bond motifs is 3. The van der Waals surface area contributed by atoms with Crippen LogP contribution in [0.5, 0.6) is 0 Å². The number of pyridine rings is 2. The molecule has 10 nitrogen and oxygen atoms in total. The molecule has 190 valence electrons. The Balaban J connectivity index is 1.71. The number of H-pyrrole nitrogens is 1. The number of aromatic nitrogens is 5. The topological polar surface area (TPSA) is 110 Å². The van der Waals surface area contributed by atoms with Crippen LogP contribution >= 0.6 is 0 Å². The van der Waals surface area contributed by atoms with E-state index in [0.717, 1.165) is 51.4 Å². The largest absolute Gasteiger partial charge is 0.444 e. The lowest BCUT2D eigenvalue weighted by Gasteiger charge is -2.23. The first-order chi connectivity index (χ1) is 17.1. The molecule has 0 fully saturated rings. The lowest BCUT2D eigenvalue weighted by molar-refractivity contribution is 0.0496. The van der Waals surface area contributed by atoms with E-state index in [0.29, 0.717) is 13.0 Å². The van der Waals surface area contributed by atoms with Crippen LogP contribution in [0.15, 0.2) is 30.6 Å². The summed E-state index contributed by atoms with van der Waals surface area (Å²) in [6, 6.07) is 7.55. The highest BCUT2D eigenvalue weighted by atomic mass is 16.6. The molecule has 0 aliphatic carbocycles. The van der Waals surface area contributed by atoms with Gasteiger partial charge < -0.3 is 29.2 Å². The van der Waals surface area contributed by atoms with Crippen LogP contribution in [0.3, 0.4) is 0 Å². The SMILES string of the molecule is BN(C)c1nc2[nH]c(-c3cccc([C@H](CCCOC)NC(=O)OC(C)(C)C)n3)cc2c2c1ncn2C. The number of rotatable bonds is 8. The average Bonchev–Trinajstić information content (AvgIpc) is 3.40. The van der Waals surface area contributed by atoms with Crippen LogP contribution in [0.25, 0.3) is 33.5 Å². The van der Waals surface area contributed by atoms with Crippen molar-refractivity contribution in [3.8, 4) is 11.4 Å². The Hall–Kier alpha value is -3.60. The molecule has 11 heteroatoms. The Morgan fingerprint density at radius 1 is 1.31 bits per heavy atom. The summed E-state index contributed by atoms with van der Waals surface area (Å²) >= 11 is 0. The number of aryl methyl sites for hydroxylation is 1. The van der Waals surface area contributed by atoms with Crippen molar-refractivity contribution in [2.45, 2.75) is 45.3 Å². The number of ether oxygens (including phenoxy) is 2. The van der Waals surface area contributed by atoms with Crippen molar-refractivity contribution < 1.29 is 14.3 Å². The second-order valence-electron chi connectivity index (χ2n) is 10.1. The molecule has 36 heavy (non-hydrogen) atoms. The number of alkyl carbamates (subject to hydrolysis) is 1. The van der Waals surface area contributed by atoms with Crippen LogP contribution in [-0.4, -0.2) is 64.9 Å². The normalized spacial score (nSPS) is 12.7. The zero-order valence-electron chi connectivity index (χ0n) is 22.0. The van der Waals surface area contributed by atoms with Gasteiger partial charge in [-0.1, -0.05) is 6.07 Å². The standard InChI is InChI=1S/C25H34BN7O3/c1-25(2,3)36-24(34)30-17(11-8-12-35-6)16-9-7-10-18(28-16)19-13-15-21-20(27-14-32(21)4)23(33(5)26)31-22(15)29-19/h7,9-10,13-14,17H,8,11-12,26H2,1-6H3,(H,29,31)(H,30,34)/t17-/m0/s1. The van der Waals surface area contributed by atoms with E-state index in [2.05, 4.69) is 21.4 Å². The number of amides is 1. The number of carbonyl (C=O) groups excluding carboxylic acids is 1. The molecule has 4 aromatic heterocycles. The number of nitrogens with one attached hydrogen (secondary N) is 2. The quantitative estimate of drug-likeness (QED) is 0.287. The second-order valence-corrected chi connectivity index (χ2v) is 10.1. The number of aromatic amines is 1. The van der Waals surface area contributed by atoms with E-state index in [4.69, 9.17) is 19.4 Å². The Morgan fingerprint density at radius 3 is 2.78 bits per heavy atom. The van der Waals surface area contributed by atoms with Gasteiger partial charge in [0.2, 0.25) is 7.98 Å². The van der Waals surface area contributed by atoms with Crippen LogP contribution in [0, 0.1) is 0 Å². The molecule has 4 heterocycles. The summed E-state index contributed by atoms with van der Waals surface area (Å²) in [7, 11) is 7.56. The molecule has 4 rings (SSSR count). The zero-order valence-corrected chi connectivity index (χ0v) is 22.0. The predicted octanol–water partition coefficient (Wildman–Crippen LogP) is 3.49. The highest BCUT2D eigenvalue weighted by Gasteiger charge is 2.22. The number of anilines is 1. The fraction of sp³-hybridized carbons (Fsp3) is 0.440. The summed E-state index contributed by atoms with van der Waals surface area (Å²) in [6.07, 6.45) is 2.77. The van der Waals surface area contributed by atoms with Crippen LogP contribution in [0.1, 0.15) is 45.3 Å². The van der Waals surface area contributed by atoms with Gasteiger partial charge in [0.25, 0.3) is 0 Å². The molecular formula is C25H34BN7O3. The maximum absolute atomic E-state index is 12.5. The van der Waals surface area contributed by atoms with Crippen molar-refractivity contribution in [1.82, 2.24) is 29.8 Å². The van der Waals surface area contributed by atoms with Crippen LogP contribution < -0.4 is 10.1 Å². The summed E-state index contributed by atoms with van der Waals surface area (Å²) in [5, 5.41) is 3.96. The van der Waals surface area contributed by atoms with E-state index < -0.39 is 11.7 Å². The highest BCUT2D eigenvalue weighted by molar-refractivity contribution is 6.20. The third-order valence-electron chi connectivity index (χ3n) is 5.78. The minimum absolute atomic E-state index is 0.318. The van der Waals surface area contributed by atoms with E-state index in [1.807, 2.05) is 70.4 Å². The monoisotopic (exact) mass is 491 g/mol. The Labute approximate surface area is 211 Å². The van der Waals surface area contributed by atoms with Crippen molar-refractivity contribution in [2.24, 2.45) is 7.05 Å². The molecule has 1 atom stereocenters. The molecule has 0 aliphatic rings. The molecule has 0 radical (unpaired) electrons. The minimum Gasteiger partial charge on any atom is -0.444 e. The van der Waals surface area contributed by atoms with Gasteiger partial charge in [0.05, 0.1) is 35.0 Å². The van der Waals surface area contributed by atoms with Gasteiger partial charge in [-0.05, 0) is 58.9 Å². The molecule has 0 aromatic carbocycles. The van der Waals surface area contributed by atoms with E-state index in [-0.39, 0.29) is 6.04 Å². The van der Waals surface area contributed by atoms with Crippen molar-refractivity contribution in [1.29, 1.82) is 0 Å². The summed E-state index contributed by atoms with van der Waals surface area (Å²) in [4.78, 5) is 32.2. The van der Waals surface area contributed by atoms with Crippen molar-refractivity contribution in [3.63, 3.8) is 0 Å². The number of nitrogens with zero attached hydrogens (tertiary/aromatic N) is 5. The molecule has 0 saturated heterocycles. The van der Waals surface area contributed by atoms with Gasteiger partial charge in [0.15, 0.2) is 0 Å². The van der Waals surface area contributed by atoms with Gasteiger partial charge >= 0.3 is 6.09 Å². The third-order valence-corrected chi connectivity index (χ3v) is 5.78. The first-order valence-corrected chi connectivity index (χ1v) is 12.0. The molecule has 0 bridgehead atoms. The van der Waals surface area contributed by atoms with Crippen LogP contribution in [0.2, 0.25) is 0 Å². The Kier molecular flexibility index (Phi) is 7.21. The second kappa shape index (κ2) is 10.2. The average molecular weight is 491 g/mol. The molecule has 1 amide bonds.